The molecule has 2 N–H and O–H groups in total. The average Bonchev–Trinajstić information content (AvgIpc) is 2.80. The van der Waals surface area contributed by atoms with Crippen LogP contribution in [0.25, 0.3) is 0 Å². The van der Waals surface area contributed by atoms with Gasteiger partial charge in [-0.3, -0.25) is 4.79 Å². The molecule has 0 spiro atoms. The number of rotatable bonds is 4. The summed E-state index contributed by atoms with van der Waals surface area (Å²) in [7, 11) is 0. The first-order valence-corrected chi connectivity index (χ1v) is 3.70. The first-order valence-electron chi connectivity index (χ1n) is 3.70. The van der Waals surface area contributed by atoms with E-state index in [1.54, 1.807) is 0 Å². The minimum Gasteiger partial charge on any atom is -0.342 e. The van der Waals surface area contributed by atoms with Crippen molar-refractivity contribution in [3.63, 3.8) is 0 Å². The maximum absolute atomic E-state index is 10.8. The third-order valence-electron chi connectivity index (χ3n) is 1.49. The molecule has 0 saturated heterocycles. The molecule has 60 valence electrons. The lowest BCUT2D eigenvalue weighted by molar-refractivity contribution is -0.120. The highest BCUT2D eigenvalue weighted by molar-refractivity contribution is 5.78. The zero-order valence-corrected chi connectivity index (χ0v) is 6.26. The van der Waals surface area contributed by atoms with E-state index in [0.717, 1.165) is 0 Å². The molecule has 1 rings (SSSR count). The predicted octanol–water partition coefficient (Wildman–Crippen LogP) is -0.622. The summed E-state index contributed by atoms with van der Waals surface area (Å²) in [5.74, 6) is -0.0987. The number of carbonyl (C=O) groups is 1. The number of carbonyl (C=O) groups excluding carboxylic acids is 1. The van der Waals surface area contributed by atoms with Gasteiger partial charge in [-0.1, -0.05) is 0 Å². The summed E-state index contributed by atoms with van der Waals surface area (Å²) >= 11 is 0. The van der Waals surface area contributed by atoms with Crippen LogP contribution in [-0.2, 0) is 4.79 Å². The molecule has 0 atom stereocenters. The van der Waals surface area contributed by atoms with Gasteiger partial charge in [0.25, 0.3) is 0 Å². The van der Waals surface area contributed by atoms with Crippen LogP contribution < -0.4 is 10.6 Å². The fraction of sp³-hybridized carbons (Fsp3) is 0.714. The Morgan fingerprint density at radius 3 is 2.91 bits per heavy atom. The number of nitriles is 1. The molecule has 4 nitrogen and oxygen atoms in total. The summed E-state index contributed by atoms with van der Waals surface area (Å²) in [4.78, 5) is 10.8. The number of nitrogens with zero attached hydrogens (tertiary/aromatic N) is 1. The largest absolute Gasteiger partial charge is 0.342 e. The topological polar surface area (TPSA) is 64.9 Å². The fourth-order valence-electron chi connectivity index (χ4n) is 0.725. The Balaban J connectivity index is 1.96. The molecule has 11 heavy (non-hydrogen) atoms. The van der Waals surface area contributed by atoms with Gasteiger partial charge in [0.1, 0.15) is 6.54 Å². The highest BCUT2D eigenvalue weighted by Gasteiger charge is 2.20. The molecule has 4 heteroatoms. The number of hydrogen-bond acceptors (Lipinski definition) is 3. The van der Waals surface area contributed by atoms with Gasteiger partial charge < -0.3 is 10.6 Å². The summed E-state index contributed by atoms with van der Waals surface area (Å²) in [6, 6.07) is 2.39. The maximum Gasteiger partial charge on any atom is 0.234 e. The van der Waals surface area contributed by atoms with E-state index in [1.807, 2.05) is 6.07 Å². The van der Waals surface area contributed by atoms with Crippen LogP contribution in [0.15, 0.2) is 0 Å². The van der Waals surface area contributed by atoms with Gasteiger partial charge in [0.2, 0.25) is 5.91 Å². The molecule has 0 aromatic rings. The van der Waals surface area contributed by atoms with E-state index in [2.05, 4.69) is 10.6 Å². The Hall–Kier alpha value is -1.08. The molecule has 1 aliphatic carbocycles. The van der Waals surface area contributed by atoms with Gasteiger partial charge in [-0.25, -0.2) is 0 Å². The van der Waals surface area contributed by atoms with Crippen molar-refractivity contribution in [2.24, 2.45) is 0 Å². The summed E-state index contributed by atoms with van der Waals surface area (Å²) in [6.45, 7) is 0.442. The van der Waals surface area contributed by atoms with Gasteiger partial charge in [0, 0.05) is 6.04 Å². The SMILES string of the molecule is N#CCNC(=O)CNC1CC1. The zero-order valence-electron chi connectivity index (χ0n) is 6.26. The van der Waals surface area contributed by atoms with Crippen LogP contribution in [0.4, 0.5) is 0 Å². The highest BCUT2D eigenvalue weighted by atomic mass is 16.1. The van der Waals surface area contributed by atoms with Gasteiger partial charge in [-0.15, -0.1) is 0 Å². The van der Waals surface area contributed by atoms with E-state index < -0.39 is 0 Å². The zero-order chi connectivity index (χ0) is 8.10. The lowest BCUT2D eigenvalue weighted by Crippen LogP contribution is -2.34. The van der Waals surface area contributed by atoms with E-state index in [4.69, 9.17) is 5.26 Å². The van der Waals surface area contributed by atoms with E-state index in [0.29, 0.717) is 12.6 Å². The van der Waals surface area contributed by atoms with E-state index in [9.17, 15) is 4.79 Å². The molecule has 1 amide bonds. The van der Waals surface area contributed by atoms with Crippen LogP contribution in [0.2, 0.25) is 0 Å². The van der Waals surface area contributed by atoms with Gasteiger partial charge in [0.15, 0.2) is 0 Å². The molecule has 1 aliphatic rings. The molecular formula is C7H11N3O. The van der Waals surface area contributed by atoms with Gasteiger partial charge in [-0.2, -0.15) is 5.26 Å². The first kappa shape index (κ1) is 8.02. The molecule has 1 fully saturated rings. The number of amides is 1. The van der Waals surface area contributed by atoms with E-state index >= 15 is 0 Å². The molecule has 0 heterocycles. The quantitative estimate of drug-likeness (QED) is 0.529. The number of nitrogens with one attached hydrogen (secondary N) is 2. The van der Waals surface area contributed by atoms with Crippen LogP contribution in [0.1, 0.15) is 12.8 Å². The Bertz CT molecular complexity index is 181. The molecule has 0 aliphatic heterocycles. The van der Waals surface area contributed by atoms with Crippen molar-refractivity contribution >= 4 is 5.91 Å². The minimum atomic E-state index is -0.0987. The van der Waals surface area contributed by atoms with Crippen LogP contribution in [0.5, 0.6) is 0 Å². The minimum absolute atomic E-state index is 0.0987. The Morgan fingerprint density at radius 2 is 2.36 bits per heavy atom. The van der Waals surface area contributed by atoms with Crippen LogP contribution in [0.3, 0.4) is 0 Å². The molecular weight excluding hydrogens is 142 g/mol. The Morgan fingerprint density at radius 1 is 1.64 bits per heavy atom. The molecule has 0 unspecified atom stereocenters. The van der Waals surface area contributed by atoms with Crippen LogP contribution in [0, 0.1) is 11.3 Å². The maximum atomic E-state index is 10.8. The summed E-state index contributed by atoms with van der Waals surface area (Å²) in [5.41, 5.74) is 0. The van der Waals surface area contributed by atoms with Gasteiger partial charge in [0.05, 0.1) is 12.6 Å². The molecule has 0 radical (unpaired) electrons. The summed E-state index contributed by atoms with van der Waals surface area (Å²) < 4.78 is 0. The Labute approximate surface area is 65.6 Å². The lowest BCUT2D eigenvalue weighted by Gasteiger charge is -2.00. The third-order valence-corrected chi connectivity index (χ3v) is 1.49. The van der Waals surface area contributed by atoms with Crippen molar-refractivity contribution < 1.29 is 4.79 Å². The van der Waals surface area contributed by atoms with Crippen molar-refractivity contribution in [1.29, 1.82) is 5.26 Å². The second kappa shape index (κ2) is 3.94. The van der Waals surface area contributed by atoms with Crippen LogP contribution >= 0.6 is 0 Å². The van der Waals surface area contributed by atoms with Gasteiger partial charge >= 0.3 is 0 Å². The second-order valence-corrected chi connectivity index (χ2v) is 2.59. The van der Waals surface area contributed by atoms with Crippen molar-refractivity contribution in [3.05, 3.63) is 0 Å². The molecule has 1 saturated carbocycles. The predicted molar refractivity (Wildman–Crippen MR) is 39.6 cm³/mol. The molecule has 0 aromatic heterocycles. The normalized spacial score (nSPS) is 15.5. The van der Waals surface area contributed by atoms with Crippen molar-refractivity contribution in [2.75, 3.05) is 13.1 Å². The van der Waals surface area contributed by atoms with Crippen molar-refractivity contribution in [2.45, 2.75) is 18.9 Å². The lowest BCUT2D eigenvalue weighted by atomic mass is 10.5. The number of hydrogen-bond donors (Lipinski definition) is 2. The smallest absolute Gasteiger partial charge is 0.234 e. The van der Waals surface area contributed by atoms with Gasteiger partial charge in [-0.05, 0) is 12.8 Å². The summed E-state index contributed by atoms with van der Waals surface area (Å²) in [6.07, 6.45) is 2.34. The summed E-state index contributed by atoms with van der Waals surface area (Å²) in [5, 5.41) is 13.6. The first-order chi connectivity index (χ1) is 5.33. The highest BCUT2D eigenvalue weighted by Crippen LogP contribution is 2.17. The monoisotopic (exact) mass is 153 g/mol. The fourth-order valence-corrected chi connectivity index (χ4v) is 0.725. The van der Waals surface area contributed by atoms with E-state index in [-0.39, 0.29) is 12.5 Å². The molecule has 0 bridgehead atoms. The van der Waals surface area contributed by atoms with E-state index in [1.165, 1.54) is 12.8 Å². The average molecular weight is 153 g/mol. The van der Waals surface area contributed by atoms with Crippen LogP contribution in [-0.4, -0.2) is 25.0 Å². The second-order valence-electron chi connectivity index (χ2n) is 2.59. The molecule has 0 aromatic carbocycles. The standard InChI is InChI=1S/C7H11N3O/c8-3-4-9-7(11)5-10-6-1-2-6/h6,10H,1-2,4-5H2,(H,9,11). The third kappa shape index (κ3) is 3.58. The van der Waals surface area contributed by atoms with Crippen molar-refractivity contribution in [1.82, 2.24) is 10.6 Å². The van der Waals surface area contributed by atoms with Crippen molar-refractivity contribution in [3.8, 4) is 6.07 Å². The Kier molecular flexibility index (Phi) is 2.87.